The zero-order chi connectivity index (χ0) is 47.0. The van der Waals surface area contributed by atoms with Crippen LogP contribution in [-0.2, 0) is 43.4 Å². The first kappa shape index (κ1) is 55.6. The molecule has 69 heavy (non-hydrogen) atoms. The van der Waals surface area contributed by atoms with Gasteiger partial charge in [-0.15, -0.1) is 0 Å². The second-order valence-electron chi connectivity index (χ2n) is 19.0. The summed E-state index contributed by atoms with van der Waals surface area (Å²) in [6.07, 6.45) is 3.43. The monoisotopic (exact) mass is 982 g/mol. The van der Waals surface area contributed by atoms with Gasteiger partial charge in [-0.2, -0.15) is 0 Å². The molecular formula is C62H60Cl2N2O2Ti. The van der Waals surface area contributed by atoms with E-state index in [9.17, 15) is 10.2 Å². The number of hydrogen-bond donors (Lipinski definition) is 0. The van der Waals surface area contributed by atoms with E-state index in [1.54, 1.807) is 12.4 Å². The first-order chi connectivity index (χ1) is 31.6. The van der Waals surface area contributed by atoms with Crippen LogP contribution < -0.4 is 35.0 Å². The Morgan fingerprint density at radius 3 is 0.812 bits per heavy atom. The summed E-state index contributed by atoms with van der Waals surface area (Å²) in [7, 11) is 0. The normalized spacial score (nSPS) is 11.7. The van der Waals surface area contributed by atoms with Crippen molar-refractivity contribution in [2.75, 3.05) is 0 Å². The molecular weight excluding hydrogens is 923 g/mol. The summed E-state index contributed by atoms with van der Waals surface area (Å²) < 4.78 is 0. The molecule has 0 aliphatic rings. The Morgan fingerprint density at radius 2 is 0.551 bits per heavy atom. The molecule has 0 heterocycles. The number of aliphatic imine (C=N–C) groups is 2. The van der Waals surface area contributed by atoms with Crippen molar-refractivity contribution < 1.29 is 56.7 Å². The van der Waals surface area contributed by atoms with Crippen molar-refractivity contribution in [2.24, 2.45) is 9.98 Å². The molecule has 0 saturated carbocycles. The minimum absolute atomic E-state index is 0. The fourth-order valence-electron chi connectivity index (χ4n) is 8.52. The SMILES string of the molecule is CC(C)(c1ccccc1)c1cc(C=Nc2ccccc2)c([O-])c(C(C)(C)c2ccccc2)c1.CC(C)(c1ccccc1)c1cc(C=Nc2ccccc2)c([O-])c(C(C)(C)c2ccccc2)c1.[Cl-].[Cl-].[Ti+4]. The summed E-state index contributed by atoms with van der Waals surface area (Å²) in [4.78, 5) is 9.21. The zero-order valence-corrected chi connectivity index (χ0v) is 43.8. The van der Waals surface area contributed by atoms with Gasteiger partial charge in [0.2, 0.25) is 0 Å². The summed E-state index contributed by atoms with van der Waals surface area (Å²) >= 11 is 0. The standard InChI is InChI=1S/2C31H31NO.2ClH.Ti/c2*1-30(2,24-14-8-5-9-15-24)26-20-23(22-32-27-18-12-7-13-19-27)29(33)28(21-26)31(3,4)25-16-10-6-11-17-25;;;/h2*5-22,33H,1-4H3;2*1H;/q;;;;+4/p-4. The van der Waals surface area contributed by atoms with E-state index < -0.39 is 10.8 Å². The van der Waals surface area contributed by atoms with Gasteiger partial charge >= 0.3 is 21.7 Å². The molecule has 0 fully saturated rings. The van der Waals surface area contributed by atoms with Gasteiger partial charge in [-0.25, -0.2) is 0 Å². The smallest absolute Gasteiger partial charge is 1.00 e. The van der Waals surface area contributed by atoms with Crippen molar-refractivity contribution in [3.63, 3.8) is 0 Å². The molecule has 0 aliphatic carbocycles. The second kappa shape index (κ2) is 24.0. The number of para-hydroxylation sites is 2. The molecule has 0 atom stereocenters. The third kappa shape index (κ3) is 12.8. The van der Waals surface area contributed by atoms with Crippen LogP contribution in [0.1, 0.15) is 111 Å². The van der Waals surface area contributed by atoms with Crippen LogP contribution in [0.3, 0.4) is 0 Å². The molecule has 0 aliphatic heterocycles. The minimum Gasteiger partial charge on any atom is -1.00 e. The Balaban J connectivity index is 0.000000288. The Kier molecular flexibility index (Phi) is 19.3. The minimum atomic E-state index is -0.448. The van der Waals surface area contributed by atoms with Crippen molar-refractivity contribution in [1.29, 1.82) is 0 Å². The average molecular weight is 984 g/mol. The van der Waals surface area contributed by atoms with Crippen molar-refractivity contribution in [3.8, 4) is 11.5 Å². The fourth-order valence-corrected chi connectivity index (χ4v) is 8.52. The number of halogens is 2. The van der Waals surface area contributed by atoms with E-state index in [-0.39, 0.29) is 68.9 Å². The Hall–Kier alpha value is -6.01. The van der Waals surface area contributed by atoms with Gasteiger partial charge in [-0.1, -0.05) is 237 Å². The van der Waals surface area contributed by atoms with E-state index in [1.165, 1.54) is 11.1 Å². The molecule has 0 saturated heterocycles. The third-order valence-electron chi connectivity index (χ3n) is 13.2. The molecule has 0 bridgehead atoms. The van der Waals surface area contributed by atoms with Gasteiger partial charge in [-0.05, 0) is 92.0 Å². The maximum Gasteiger partial charge on any atom is 4.00 e. The van der Waals surface area contributed by atoms with Crippen LogP contribution in [0.25, 0.3) is 0 Å². The van der Waals surface area contributed by atoms with Gasteiger partial charge < -0.3 is 35.0 Å². The summed E-state index contributed by atoms with van der Waals surface area (Å²) in [5, 5.41) is 27.5. The van der Waals surface area contributed by atoms with Gasteiger partial charge in [-0.3, -0.25) is 9.98 Å². The molecule has 348 valence electrons. The summed E-state index contributed by atoms with van der Waals surface area (Å²) in [6.45, 7) is 17.3. The van der Waals surface area contributed by atoms with Crippen molar-refractivity contribution in [2.45, 2.75) is 77.0 Å². The molecule has 0 unspecified atom stereocenters. The van der Waals surface area contributed by atoms with Crippen LogP contribution in [-0.4, -0.2) is 12.4 Å². The molecule has 8 aromatic carbocycles. The van der Waals surface area contributed by atoms with Crippen LogP contribution in [0.4, 0.5) is 11.4 Å². The number of hydrogen-bond acceptors (Lipinski definition) is 4. The van der Waals surface area contributed by atoms with Gasteiger partial charge in [0.05, 0.1) is 11.4 Å². The van der Waals surface area contributed by atoms with Crippen LogP contribution in [0.15, 0.2) is 216 Å². The Bertz CT molecular complexity index is 2700. The molecule has 8 aromatic rings. The predicted molar refractivity (Wildman–Crippen MR) is 273 cm³/mol. The van der Waals surface area contributed by atoms with Crippen LogP contribution in [0.2, 0.25) is 0 Å². The molecule has 4 nitrogen and oxygen atoms in total. The predicted octanol–water partition coefficient (Wildman–Crippen LogP) is 8.33. The maximum atomic E-state index is 13.7. The summed E-state index contributed by atoms with van der Waals surface area (Å²) in [5.74, 6) is 0.0484. The number of benzene rings is 8. The Morgan fingerprint density at radius 1 is 0.319 bits per heavy atom. The molecule has 7 heteroatoms. The van der Waals surface area contributed by atoms with Gasteiger partial charge in [0.15, 0.2) is 0 Å². The van der Waals surface area contributed by atoms with E-state index in [1.807, 2.05) is 121 Å². The summed E-state index contributed by atoms with van der Waals surface area (Å²) in [6, 6.07) is 69.0. The molecule has 0 spiro atoms. The van der Waals surface area contributed by atoms with Crippen molar-refractivity contribution >= 4 is 23.8 Å². The van der Waals surface area contributed by atoms with Crippen LogP contribution >= 0.6 is 0 Å². The van der Waals surface area contributed by atoms with Gasteiger partial charge in [0.25, 0.3) is 0 Å². The van der Waals surface area contributed by atoms with E-state index in [0.29, 0.717) is 11.1 Å². The quantitative estimate of drug-likeness (QED) is 0.0914. The van der Waals surface area contributed by atoms with Gasteiger partial charge in [0.1, 0.15) is 0 Å². The fraction of sp³-hybridized carbons (Fsp3) is 0.194. The van der Waals surface area contributed by atoms with Crippen LogP contribution in [0.5, 0.6) is 11.5 Å². The molecule has 0 aromatic heterocycles. The summed E-state index contributed by atoms with van der Waals surface area (Å²) in [5.41, 5.74) is 9.84. The van der Waals surface area contributed by atoms with E-state index in [2.05, 4.69) is 150 Å². The van der Waals surface area contributed by atoms with Gasteiger partial charge in [0, 0.05) is 34.1 Å². The van der Waals surface area contributed by atoms with Crippen molar-refractivity contribution in [1.82, 2.24) is 0 Å². The maximum absolute atomic E-state index is 13.7. The van der Waals surface area contributed by atoms with Crippen molar-refractivity contribution in [3.05, 3.63) is 262 Å². The number of nitrogens with zero attached hydrogens (tertiary/aromatic N) is 2. The first-order valence-corrected chi connectivity index (χ1v) is 22.7. The first-order valence-electron chi connectivity index (χ1n) is 22.7. The zero-order valence-electron chi connectivity index (χ0n) is 40.8. The molecule has 0 amide bonds. The molecule has 8 rings (SSSR count). The molecule has 0 N–H and O–H groups in total. The average Bonchev–Trinajstić information content (AvgIpc) is 3.35. The Labute approximate surface area is 438 Å². The largest absolute Gasteiger partial charge is 4.00 e. The van der Waals surface area contributed by atoms with E-state index >= 15 is 0 Å². The van der Waals surface area contributed by atoms with E-state index in [0.717, 1.165) is 44.8 Å². The molecule has 0 radical (unpaired) electrons. The second-order valence-corrected chi connectivity index (χ2v) is 19.0. The number of rotatable bonds is 12. The third-order valence-corrected chi connectivity index (χ3v) is 13.2. The van der Waals surface area contributed by atoms with Crippen LogP contribution in [0, 0.1) is 0 Å². The van der Waals surface area contributed by atoms with E-state index in [4.69, 9.17) is 0 Å². The topological polar surface area (TPSA) is 70.8 Å².